The molecule has 0 spiro atoms. The van der Waals surface area contributed by atoms with Crippen LogP contribution in [0.25, 0.3) is 0 Å². The number of rotatable bonds is 13. The van der Waals surface area contributed by atoms with E-state index in [0.717, 1.165) is 34.3 Å². The minimum Gasteiger partial charge on any atom is -0.352 e. The van der Waals surface area contributed by atoms with Crippen LogP contribution in [-0.4, -0.2) is 50.0 Å². The molecule has 232 valence electrons. The average molecular weight is 622 g/mol. The number of anilines is 1. The second-order valence-electron chi connectivity index (χ2n) is 10.5. The lowest BCUT2D eigenvalue weighted by Gasteiger charge is -2.32. The van der Waals surface area contributed by atoms with Crippen LogP contribution in [-0.2, 0) is 38.8 Å². The summed E-state index contributed by atoms with van der Waals surface area (Å²) in [4.78, 5) is 28.5. The molecule has 1 N–H and O–H groups in total. The Hall–Kier alpha value is -3.93. The van der Waals surface area contributed by atoms with Crippen molar-refractivity contribution in [3.8, 4) is 0 Å². The van der Waals surface area contributed by atoms with E-state index in [2.05, 4.69) is 5.32 Å². The largest absolute Gasteiger partial charge is 0.416 e. The maximum Gasteiger partial charge on any atom is 0.416 e. The number of nitrogens with one attached hydrogen (secondary N) is 1. The highest BCUT2D eigenvalue weighted by molar-refractivity contribution is 7.92. The topological polar surface area (TPSA) is 86.8 Å². The van der Waals surface area contributed by atoms with Crippen LogP contribution >= 0.6 is 0 Å². The molecule has 3 aromatic rings. The zero-order chi connectivity index (χ0) is 31.8. The average Bonchev–Trinajstić information content (AvgIpc) is 2.93. The van der Waals surface area contributed by atoms with E-state index in [1.165, 1.54) is 35.2 Å². The van der Waals surface area contributed by atoms with Gasteiger partial charge in [0.05, 0.1) is 17.5 Å². The van der Waals surface area contributed by atoms with Crippen LogP contribution < -0.4 is 9.62 Å². The molecule has 0 aromatic heterocycles. The first-order chi connectivity index (χ1) is 20.1. The van der Waals surface area contributed by atoms with Gasteiger partial charge in [0.25, 0.3) is 0 Å². The lowest BCUT2D eigenvalue weighted by molar-refractivity contribution is -0.141. The molecule has 0 saturated carbocycles. The summed E-state index contributed by atoms with van der Waals surface area (Å²) in [5, 5.41) is 2.85. The van der Waals surface area contributed by atoms with Gasteiger partial charge in [0.1, 0.15) is 11.9 Å². The summed E-state index contributed by atoms with van der Waals surface area (Å²) in [7, 11) is -3.99. The van der Waals surface area contributed by atoms with E-state index >= 15 is 0 Å². The van der Waals surface area contributed by atoms with Crippen molar-refractivity contribution in [2.75, 3.05) is 17.1 Å². The van der Waals surface area contributed by atoms with Crippen molar-refractivity contribution in [3.05, 3.63) is 101 Å². The number of halogens is 4. The summed E-state index contributed by atoms with van der Waals surface area (Å²) in [5.41, 5.74) is 0.203. The highest BCUT2D eigenvalue weighted by Crippen LogP contribution is 2.32. The van der Waals surface area contributed by atoms with Gasteiger partial charge in [0, 0.05) is 32.0 Å². The molecule has 0 aliphatic rings. The number of alkyl halides is 3. The number of sulfonamides is 1. The number of hydrogen-bond acceptors (Lipinski definition) is 4. The molecule has 0 aliphatic carbocycles. The molecule has 3 rings (SSSR count). The van der Waals surface area contributed by atoms with Crippen LogP contribution in [0.1, 0.15) is 43.4 Å². The van der Waals surface area contributed by atoms with Crippen molar-refractivity contribution < 1.29 is 35.6 Å². The van der Waals surface area contributed by atoms with Crippen LogP contribution in [0.15, 0.2) is 78.9 Å². The van der Waals surface area contributed by atoms with Gasteiger partial charge in [-0.05, 0) is 61.7 Å². The number of carbonyl (C=O) groups is 2. The number of nitrogens with zero attached hydrogens (tertiary/aromatic N) is 2. The number of carbonyl (C=O) groups excluding carboxylic acids is 2. The van der Waals surface area contributed by atoms with Crippen molar-refractivity contribution in [2.24, 2.45) is 0 Å². The summed E-state index contributed by atoms with van der Waals surface area (Å²) >= 11 is 0. The van der Waals surface area contributed by atoms with Gasteiger partial charge >= 0.3 is 6.18 Å². The van der Waals surface area contributed by atoms with Crippen molar-refractivity contribution in [3.63, 3.8) is 0 Å². The molecule has 0 fully saturated rings. The Kier molecular flexibility index (Phi) is 11.3. The lowest BCUT2D eigenvalue weighted by atomic mass is 10.0. The second-order valence-corrected chi connectivity index (χ2v) is 12.4. The minimum absolute atomic E-state index is 0.0223. The highest BCUT2D eigenvalue weighted by Gasteiger charge is 2.33. The zero-order valence-electron chi connectivity index (χ0n) is 24.1. The van der Waals surface area contributed by atoms with Crippen LogP contribution in [0.4, 0.5) is 23.2 Å². The van der Waals surface area contributed by atoms with Crippen molar-refractivity contribution >= 4 is 27.5 Å². The molecular weight excluding hydrogens is 586 g/mol. The Morgan fingerprint density at radius 3 is 2.14 bits per heavy atom. The molecule has 0 bridgehead atoms. The van der Waals surface area contributed by atoms with E-state index in [1.807, 2.05) is 30.3 Å². The van der Waals surface area contributed by atoms with Crippen molar-refractivity contribution in [1.82, 2.24) is 10.2 Å². The predicted octanol–water partition coefficient (Wildman–Crippen LogP) is 5.56. The maximum atomic E-state index is 13.7. The Morgan fingerprint density at radius 1 is 0.907 bits per heavy atom. The van der Waals surface area contributed by atoms with Gasteiger partial charge in [-0.25, -0.2) is 12.8 Å². The van der Waals surface area contributed by atoms with Gasteiger partial charge in [-0.15, -0.1) is 0 Å². The van der Waals surface area contributed by atoms with E-state index < -0.39 is 45.4 Å². The third-order valence-corrected chi connectivity index (χ3v) is 7.78. The van der Waals surface area contributed by atoms with E-state index in [-0.39, 0.29) is 44.1 Å². The van der Waals surface area contributed by atoms with Crippen LogP contribution in [0.3, 0.4) is 0 Å². The molecule has 0 saturated heterocycles. The molecule has 1 unspecified atom stereocenters. The summed E-state index contributed by atoms with van der Waals surface area (Å²) in [6.45, 7) is 3.29. The molecule has 2 amide bonds. The van der Waals surface area contributed by atoms with Crippen LogP contribution in [0, 0.1) is 5.82 Å². The third kappa shape index (κ3) is 10.1. The Labute approximate surface area is 249 Å². The summed E-state index contributed by atoms with van der Waals surface area (Å²) < 4.78 is 79.4. The normalized spacial score (nSPS) is 12.6. The standard InChI is InChI=1S/C31H35F4N3O4S/c1-22(2)36-30(40)28(19-23-9-5-4-6-10-23)37(21-24-14-16-26(32)17-15-24)29(39)13-8-18-38(43(3,41)42)27-12-7-11-25(20-27)31(33,34)35/h4-7,9-12,14-17,20,22,28H,8,13,18-19,21H2,1-3H3,(H,36,40). The highest BCUT2D eigenvalue weighted by atomic mass is 32.2. The Bertz CT molecular complexity index is 1480. The van der Waals surface area contributed by atoms with Crippen LogP contribution in [0.2, 0.25) is 0 Å². The monoisotopic (exact) mass is 621 g/mol. The Morgan fingerprint density at radius 2 is 1.56 bits per heavy atom. The van der Waals surface area contributed by atoms with Gasteiger partial charge in [-0.2, -0.15) is 13.2 Å². The first-order valence-corrected chi connectivity index (χ1v) is 15.5. The molecule has 0 aliphatic heterocycles. The first-order valence-electron chi connectivity index (χ1n) is 13.7. The number of amides is 2. The quantitative estimate of drug-likeness (QED) is 0.254. The molecule has 0 heterocycles. The van der Waals surface area contributed by atoms with Gasteiger partial charge < -0.3 is 10.2 Å². The SMILES string of the molecule is CC(C)NC(=O)C(Cc1ccccc1)N(Cc1ccc(F)cc1)C(=O)CCCN(c1cccc(C(F)(F)F)c1)S(C)(=O)=O. The maximum absolute atomic E-state index is 13.7. The predicted molar refractivity (Wildman–Crippen MR) is 157 cm³/mol. The number of benzene rings is 3. The van der Waals surface area contributed by atoms with Gasteiger partial charge in [0.2, 0.25) is 21.8 Å². The van der Waals surface area contributed by atoms with E-state index in [4.69, 9.17) is 0 Å². The van der Waals surface area contributed by atoms with E-state index in [1.54, 1.807) is 13.8 Å². The van der Waals surface area contributed by atoms with Gasteiger partial charge in [-0.3, -0.25) is 13.9 Å². The molecule has 12 heteroatoms. The smallest absolute Gasteiger partial charge is 0.352 e. The fourth-order valence-corrected chi connectivity index (χ4v) is 5.52. The third-order valence-electron chi connectivity index (χ3n) is 6.58. The lowest BCUT2D eigenvalue weighted by Crippen LogP contribution is -2.51. The van der Waals surface area contributed by atoms with Gasteiger partial charge in [-0.1, -0.05) is 48.5 Å². The van der Waals surface area contributed by atoms with E-state index in [9.17, 15) is 35.6 Å². The fourth-order valence-electron chi connectivity index (χ4n) is 4.56. The molecule has 0 radical (unpaired) electrons. The summed E-state index contributed by atoms with van der Waals surface area (Å²) in [6.07, 6.45) is -3.84. The van der Waals surface area contributed by atoms with Crippen LogP contribution in [0.5, 0.6) is 0 Å². The molecule has 7 nitrogen and oxygen atoms in total. The molecule has 43 heavy (non-hydrogen) atoms. The van der Waals surface area contributed by atoms with E-state index in [0.29, 0.717) is 5.56 Å². The van der Waals surface area contributed by atoms with Gasteiger partial charge in [0.15, 0.2) is 0 Å². The second kappa shape index (κ2) is 14.5. The molecular formula is C31H35F4N3O4S. The minimum atomic E-state index is -4.67. The summed E-state index contributed by atoms with van der Waals surface area (Å²) in [5.74, 6) is -1.33. The molecule has 3 aromatic carbocycles. The van der Waals surface area contributed by atoms with Crippen molar-refractivity contribution in [1.29, 1.82) is 0 Å². The molecule has 1 atom stereocenters. The van der Waals surface area contributed by atoms with Crippen molar-refractivity contribution in [2.45, 2.75) is 57.9 Å². The number of hydrogen-bond donors (Lipinski definition) is 1. The first kappa shape index (κ1) is 33.6. The Balaban J connectivity index is 1.89. The zero-order valence-corrected chi connectivity index (χ0v) is 25.0. The fraction of sp³-hybridized carbons (Fsp3) is 0.355. The summed E-state index contributed by atoms with van der Waals surface area (Å²) in [6, 6.07) is 17.4.